The molecule has 1 saturated heterocycles. The maximum atomic E-state index is 12.6. The molecule has 3 rings (SSSR count). The van der Waals surface area contributed by atoms with Crippen molar-refractivity contribution in [2.24, 2.45) is 5.92 Å². The number of benzene rings is 2. The first kappa shape index (κ1) is 19.9. The van der Waals surface area contributed by atoms with Gasteiger partial charge in [-0.25, -0.2) is 0 Å². The molecule has 1 heterocycles. The number of hydrogen-bond donors (Lipinski definition) is 2. The molecule has 0 bridgehead atoms. The summed E-state index contributed by atoms with van der Waals surface area (Å²) in [5, 5.41) is 2.95. The molecule has 2 aromatic rings. The molecule has 6 nitrogen and oxygen atoms in total. The normalized spacial score (nSPS) is 18.9. The number of piperidine rings is 1. The maximum Gasteiger partial charge on any atom is 0.314 e. The molecule has 2 N–H and O–H groups in total. The Morgan fingerprint density at radius 3 is 2.64 bits per heavy atom. The molecule has 1 fully saturated rings. The van der Waals surface area contributed by atoms with E-state index in [1.165, 1.54) is 0 Å². The topological polar surface area (TPSA) is 69.1 Å². The summed E-state index contributed by atoms with van der Waals surface area (Å²) in [7, 11) is 0. The lowest BCUT2D eigenvalue weighted by molar-refractivity contribution is -0.899. The molecule has 2 aromatic carbocycles. The standard InChI is InChI=1S/C22H26N2O4/c1-2-27-22(26)17-9-8-14-24(15-17)16-21(25)23-19-12-6-7-13-20(19)28-18-10-4-3-5-11-18/h3-7,10-13,17H,2,8-9,14-16H2,1H3,(H,23,25)/p+1/t17-/m0/s1. The van der Waals surface area contributed by atoms with Crippen LogP contribution in [0.2, 0.25) is 0 Å². The van der Waals surface area contributed by atoms with Gasteiger partial charge in [-0.1, -0.05) is 30.3 Å². The van der Waals surface area contributed by atoms with Gasteiger partial charge in [0.1, 0.15) is 11.7 Å². The number of anilines is 1. The van der Waals surface area contributed by atoms with Crippen LogP contribution in [0.3, 0.4) is 0 Å². The minimum Gasteiger partial charge on any atom is -0.466 e. The average molecular weight is 383 g/mol. The predicted molar refractivity (Wildman–Crippen MR) is 107 cm³/mol. The van der Waals surface area contributed by atoms with E-state index in [-0.39, 0.29) is 17.8 Å². The van der Waals surface area contributed by atoms with E-state index in [4.69, 9.17) is 9.47 Å². The van der Waals surface area contributed by atoms with Crippen LogP contribution in [-0.2, 0) is 14.3 Å². The van der Waals surface area contributed by atoms with Crippen LogP contribution in [0.4, 0.5) is 5.69 Å². The molecule has 0 spiro atoms. The molecule has 0 aromatic heterocycles. The fourth-order valence-corrected chi connectivity index (χ4v) is 3.47. The van der Waals surface area contributed by atoms with Crippen molar-refractivity contribution >= 4 is 17.6 Å². The monoisotopic (exact) mass is 383 g/mol. The Kier molecular flexibility index (Phi) is 7.03. The third-order valence-electron chi connectivity index (χ3n) is 4.78. The molecule has 1 aliphatic heterocycles. The maximum absolute atomic E-state index is 12.6. The fraction of sp³-hybridized carbons (Fsp3) is 0.364. The number of hydrogen-bond acceptors (Lipinski definition) is 4. The van der Waals surface area contributed by atoms with Crippen molar-refractivity contribution in [3.8, 4) is 11.5 Å². The molecular weight excluding hydrogens is 356 g/mol. The smallest absolute Gasteiger partial charge is 0.314 e. The number of quaternary nitrogens is 1. The van der Waals surface area contributed by atoms with Crippen LogP contribution in [-0.4, -0.2) is 38.1 Å². The van der Waals surface area contributed by atoms with Crippen LogP contribution >= 0.6 is 0 Å². The summed E-state index contributed by atoms with van der Waals surface area (Å²) >= 11 is 0. The van der Waals surface area contributed by atoms with Crippen molar-refractivity contribution in [2.75, 3.05) is 31.6 Å². The third-order valence-corrected chi connectivity index (χ3v) is 4.78. The van der Waals surface area contributed by atoms with Gasteiger partial charge in [0.15, 0.2) is 12.3 Å². The van der Waals surface area contributed by atoms with Crippen LogP contribution < -0.4 is 15.0 Å². The third kappa shape index (κ3) is 5.57. The second-order valence-corrected chi connectivity index (χ2v) is 6.93. The van der Waals surface area contributed by atoms with Crippen molar-refractivity contribution in [1.29, 1.82) is 0 Å². The van der Waals surface area contributed by atoms with Crippen LogP contribution in [0.25, 0.3) is 0 Å². The van der Waals surface area contributed by atoms with E-state index in [2.05, 4.69) is 5.32 Å². The van der Waals surface area contributed by atoms with E-state index in [1.54, 1.807) is 0 Å². The molecule has 0 aliphatic carbocycles. The zero-order chi connectivity index (χ0) is 19.8. The van der Waals surface area contributed by atoms with E-state index in [0.29, 0.717) is 36.9 Å². The number of likely N-dealkylation sites (tertiary alicyclic amines) is 1. The minimum absolute atomic E-state index is 0.0939. The van der Waals surface area contributed by atoms with Gasteiger partial charge in [-0.05, 0) is 44.0 Å². The first-order valence-corrected chi connectivity index (χ1v) is 9.77. The summed E-state index contributed by atoms with van der Waals surface area (Å²) in [4.78, 5) is 25.7. The van der Waals surface area contributed by atoms with Gasteiger partial charge in [0.25, 0.3) is 5.91 Å². The van der Waals surface area contributed by atoms with E-state index in [1.807, 2.05) is 61.5 Å². The molecule has 0 radical (unpaired) electrons. The Labute approximate surface area is 165 Å². The Morgan fingerprint density at radius 2 is 1.86 bits per heavy atom. The first-order chi connectivity index (χ1) is 13.7. The minimum atomic E-state index is -0.151. The van der Waals surface area contributed by atoms with Gasteiger partial charge in [0.05, 0.1) is 25.4 Å². The highest BCUT2D eigenvalue weighted by atomic mass is 16.5. The highest BCUT2D eigenvalue weighted by molar-refractivity contribution is 5.93. The molecule has 1 amide bonds. The van der Waals surface area contributed by atoms with Gasteiger partial charge in [0, 0.05) is 0 Å². The molecule has 148 valence electrons. The number of para-hydroxylation sites is 3. The fourth-order valence-electron chi connectivity index (χ4n) is 3.47. The van der Waals surface area contributed by atoms with Crippen LogP contribution in [0.1, 0.15) is 19.8 Å². The number of ether oxygens (including phenoxy) is 2. The SMILES string of the molecule is CCOC(=O)[C@H]1CCC[NH+](CC(=O)Nc2ccccc2Oc2ccccc2)C1. The lowest BCUT2D eigenvalue weighted by atomic mass is 9.98. The number of nitrogens with one attached hydrogen (secondary N) is 2. The summed E-state index contributed by atoms with van der Waals surface area (Å²) in [5.74, 6) is 0.943. The Balaban J connectivity index is 1.58. The van der Waals surface area contributed by atoms with Crippen molar-refractivity contribution < 1.29 is 24.0 Å². The molecule has 2 atom stereocenters. The van der Waals surface area contributed by atoms with E-state index >= 15 is 0 Å². The number of carbonyl (C=O) groups excluding carboxylic acids is 2. The molecule has 0 saturated carbocycles. The zero-order valence-electron chi connectivity index (χ0n) is 16.1. The van der Waals surface area contributed by atoms with E-state index < -0.39 is 0 Å². The number of rotatable bonds is 7. The van der Waals surface area contributed by atoms with Gasteiger partial charge >= 0.3 is 5.97 Å². The molecule has 1 unspecified atom stereocenters. The van der Waals surface area contributed by atoms with Gasteiger partial charge in [-0.2, -0.15) is 0 Å². The van der Waals surface area contributed by atoms with Crippen LogP contribution in [0.5, 0.6) is 11.5 Å². The van der Waals surface area contributed by atoms with Gasteiger partial charge < -0.3 is 19.7 Å². The van der Waals surface area contributed by atoms with Crippen molar-refractivity contribution in [1.82, 2.24) is 0 Å². The Morgan fingerprint density at radius 1 is 1.11 bits per heavy atom. The van der Waals surface area contributed by atoms with Crippen LogP contribution in [0.15, 0.2) is 54.6 Å². The lowest BCUT2D eigenvalue weighted by Crippen LogP contribution is -3.14. The Hall–Kier alpha value is -2.86. The highest BCUT2D eigenvalue weighted by Gasteiger charge is 2.30. The molecule has 1 aliphatic rings. The van der Waals surface area contributed by atoms with Crippen LogP contribution in [0, 0.1) is 5.92 Å². The second-order valence-electron chi connectivity index (χ2n) is 6.93. The second kappa shape index (κ2) is 9.90. The summed E-state index contributed by atoms with van der Waals surface area (Å²) < 4.78 is 11.0. The Bertz CT molecular complexity index is 794. The summed E-state index contributed by atoms with van der Waals surface area (Å²) in [6, 6.07) is 16.8. The molecule has 6 heteroatoms. The molecular formula is C22H27N2O4+. The van der Waals surface area contributed by atoms with E-state index in [9.17, 15) is 9.59 Å². The number of amides is 1. The summed E-state index contributed by atoms with van der Waals surface area (Å²) in [6.07, 6.45) is 1.75. The van der Waals surface area contributed by atoms with Crippen molar-refractivity contribution in [3.05, 3.63) is 54.6 Å². The highest BCUT2D eigenvalue weighted by Crippen LogP contribution is 2.28. The van der Waals surface area contributed by atoms with Gasteiger partial charge in [-0.15, -0.1) is 0 Å². The predicted octanol–water partition coefficient (Wildman–Crippen LogP) is 2.28. The lowest BCUT2D eigenvalue weighted by Gasteiger charge is -2.28. The van der Waals surface area contributed by atoms with Crippen molar-refractivity contribution in [3.63, 3.8) is 0 Å². The quantitative estimate of drug-likeness (QED) is 0.720. The van der Waals surface area contributed by atoms with Gasteiger partial charge in [-0.3, -0.25) is 9.59 Å². The first-order valence-electron chi connectivity index (χ1n) is 9.77. The average Bonchev–Trinajstić information content (AvgIpc) is 2.70. The largest absolute Gasteiger partial charge is 0.466 e. The number of esters is 1. The van der Waals surface area contributed by atoms with Crippen molar-refractivity contribution in [2.45, 2.75) is 19.8 Å². The van der Waals surface area contributed by atoms with E-state index in [0.717, 1.165) is 24.3 Å². The number of carbonyl (C=O) groups is 2. The summed E-state index contributed by atoms with van der Waals surface area (Å²) in [5.41, 5.74) is 0.634. The zero-order valence-corrected chi connectivity index (χ0v) is 16.1. The summed E-state index contributed by atoms with van der Waals surface area (Å²) in [6.45, 7) is 4.03. The van der Waals surface area contributed by atoms with Gasteiger partial charge in [0.2, 0.25) is 0 Å². The molecule has 28 heavy (non-hydrogen) atoms.